The molecule has 1 N–H and O–H groups in total. The minimum absolute atomic E-state index is 0.0209. The highest BCUT2D eigenvalue weighted by Gasteiger charge is 2.29. The number of pyridine rings is 1. The molecule has 0 saturated carbocycles. The molecule has 1 aromatic carbocycles. The van der Waals surface area contributed by atoms with Gasteiger partial charge in [-0.25, -0.2) is 0 Å². The van der Waals surface area contributed by atoms with Crippen LogP contribution in [0.5, 0.6) is 0 Å². The van der Waals surface area contributed by atoms with Gasteiger partial charge in [-0.3, -0.25) is 4.98 Å². The summed E-state index contributed by atoms with van der Waals surface area (Å²) >= 11 is 0. The molecule has 1 aromatic heterocycles. The van der Waals surface area contributed by atoms with Gasteiger partial charge >= 0.3 is 6.18 Å². The third-order valence-electron chi connectivity index (χ3n) is 3.21. The third kappa shape index (κ3) is 3.70. The molecule has 2 aromatic rings. The summed E-state index contributed by atoms with van der Waals surface area (Å²) in [6.45, 7) is 2.50. The molecule has 0 aliphatic carbocycles. The van der Waals surface area contributed by atoms with E-state index in [2.05, 4.69) is 10.3 Å². The molecule has 1 heterocycles. The second-order valence-corrected chi connectivity index (χ2v) is 4.69. The van der Waals surface area contributed by atoms with Crippen molar-refractivity contribution in [2.24, 2.45) is 0 Å². The molecule has 0 amide bonds. The molecule has 0 bridgehead atoms. The Labute approximate surface area is 116 Å². The Morgan fingerprint density at radius 1 is 1.20 bits per heavy atom. The van der Waals surface area contributed by atoms with Gasteiger partial charge in [-0.2, -0.15) is 13.2 Å². The van der Waals surface area contributed by atoms with Crippen LogP contribution in [0, 0.1) is 0 Å². The first kappa shape index (κ1) is 14.8. The van der Waals surface area contributed by atoms with Crippen molar-refractivity contribution in [2.75, 3.05) is 6.54 Å². The van der Waals surface area contributed by atoms with E-state index in [9.17, 15) is 13.2 Å². The Bertz CT molecular complexity index is 561. The van der Waals surface area contributed by atoms with Crippen molar-refractivity contribution in [2.45, 2.75) is 32.0 Å². The first-order valence-corrected chi connectivity index (χ1v) is 6.65. The van der Waals surface area contributed by atoms with Gasteiger partial charge in [-0.1, -0.05) is 31.2 Å². The van der Waals surface area contributed by atoms with Crippen molar-refractivity contribution in [1.29, 1.82) is 0 Å². The SMILES string of the molecule is CCNC(CCC(F)(F)F)c1cccc2cccnc12. The summed E-state index contributed by atoms with van der Waals surface area (Å²) in [5.41, 5.74) is 1.59. The van der Waals surface area contributed by atoms with Gasteiger partial charge in [-0.05, 0) is 24.6 Å². The zero-order valence-corrected chi connectivity index (χ0v) is 11.2. The molecule has 0 fully saturated rings. The molecule has 2 nitrogen and oxygen atoms in total. The fraction of sp³-hybridized carbons (Fsp3) is 0.400. The van der Waals surface area contributed by atoms with Gasteiger partial charge in [-0.15, -0.1) is 0 Å². The number of benzene rings is 1. The number of aromatic nitrogens is 1. The normalized spacial score (nSPS) is 13.6. The maximum Gasteiger partial charge on any atom is 0.389 e. The Hall–Kier alpha value is -1.62. The lowest BCUT2D eigenvalue weighted by Crippen LogP contribution is -2.23. The number of hydrogen-bond acceptors (Lipinski definition) is 2. The topological polar surface area (TPSA) is 24.9 Å². The summed E-state index contributed by atoms with van der Waals surface area (Å²) in [7, 11) is 0. The molecule has 0 aliphatic rings. The predicted octanol–water partition coefficient (Wildman–Crippen LogP) is 4.23. The van der Waals surface area contributed by atoms with Gasteiger partial charge in [0.25, 0.3) is 0 Å². The van der Waals surface area contributed by atoms with Gasteiger partial charge in [0.15, 0.2) is 0 Å². The highest BCUT2D eigenvalue weighted by Crippen LogP contribution is 2.30. The van der Waals surface area contributed by atoms with Crippen molar-refractivity contribution >= 4 is 10.9 Å². The summed E-state index contributed by atoms with van der Waals surface area (Å²) in [5.74, 6) is 0. The second-order valence-electron chi connectivity index (χ2n) is 4.69. The molecular weight excluding hydrogens is 265 g/mol. The lowest BCUT2D eigenvalue weighted by molar-refractivity contribution is -0.136. The minimum atomic E-state index is -4.13. The number of halogens is 3. The number of para-hydroxylation sites is 1. The highest BCUT2D eigenvalue weighted by atomic mass is 19.4. The molecule has 5 heteroatoms. The molecule has 0 spiro atoms. The van der Waals surface area contributed by atoms with Crippen LogP contribution >= 0.6 is 0 Å². The second kappa shape index (κ2) is 6.22. The average molecular weight is 282 g/mol. The molecule has 1 atom stereocenters. The molecule has 1 unspecified atom stereocenters. The maximum absolute atomic E-state index is 12.4. The minimum Gasteiger partial charge on any atom is -0.310 e. The van der Waals surface area contributed by atoms with E-state index in [1.165, 1.54) is 0 Å². The largest absolute Gasteiger partial charge is 0.389 e. The van der Waals surface area contributed by atoms with Gasteiger partial charge in [0.1, 0.15) is 0 Å². The van der Waals surface area contributed by atoms with Gasteiger partial charge in [0.2, 0.25) is 0 Å². The van der Waals surface area contributed by atoms with Gasteiger partial charge < -0.3 is 5.32 Å². The van der Waals surface area contributed by atoms with Gasteiger partial charge in [0, 0.05) is 24.0 Å². The first-order chi connectivity index (χ1) is 9.51. The third-order valence-corrected chi connectivity index (χ3v) is 3.21. The van der Waals surface area contributed by atoms with Crippen molar-refractivity contribution in [3.63, 3.8) is 0 Å². The zero-order valence-electron chi connectivity index (χ0n) is 11.2. The van der Waals surface area contributed by atoms with Crippen LogP contribution in [-0.4, -0.2) is 17.7 Å². The van der Waals surface area contributed by atoms with E-state index in [0.29, 0.717) is 6.54 Å². The Morgan fingerprint density at radius 2 is 1.95 bits per heavy atom. The van der Waals surface area contributed by atoms with E-state index < -0.39 is 12.6 Å². The van der Waals surface area contributed by atoms with Crippen molar-refractivity contribution in [3.8, 4) is 0 Å². The van der Waals surface area contributed by atoms with Crippen molar-refractivity contribution < 1.29 is 13.2 Å². The Morgan fingerprint density at radius 3 is 2.65 bits per heavy atom. The Balaban J connectivity index is 2.31. The van der Waals surface area contributed by atoms with Crippen LogP contribution in [0.1, 0.15) is 31.4 Å². The quantitative estimate of drug-likeness (QED) is 0.887. The standard InChI is InChI=1S/C15H17F3N2/c1-2-19-13(8-9-15(16,17)18)12-7-3-5-11-6-4-10-20-14(11)12/h3-7,10,13,19H,2,8-9H2,1H3. The fourth-order valence-electron chi connectivity index (χ4n) is 2.33. The summed E-state index contributed by atoms with van der Waals surface area (Å²) in [5, 5.41) is 4.07. The summed E-state index contributed by atoms with van der Waals surface area (Å²) in [6, 6.07) is 9.03. The van der Waals surface area contributed by atoms with Crippen LogP contribution in [0.2, 0.25) is 0 Å². The monoisotopic (exact) mass is 282 g/mol. The molecule has 108 valence electrons. The smallest absolute Gasteiger partial charge is 0.310 e. The van der Waals surface area contributed by atoms with E-state index in [4.69, 9.17) is 0 Å². The van der Waals surface area contributed by atoms with Gasteiger partial charge in [0.05, 0.1) is 5.52 Å². The first-order valence-electron chi connectivity index (χ1n) is 6.65. The molecule has 20 heavy (non-hydrogen) atoms. The van der Waals surface area contributed by atoms with Crippen molar-refractivity contribution in [1.82, 2.24) is 10.3 Å². The average Bonchev–Trinajstić information content (AvgIpc) is 2.42. The molecule has 2 rings (SSSR count). The maximum atomic E-state index is 12.4. The highest BCUT2D eigenvalue weighted by molar-refractivity contribution is 5.81. The number of nitrogens with one attached hydrogen (secondary N) is 1. The number of alkyl halides is 3. The summed E-state index contributed by atoms with van der Waals surface area (Å²) in [4.78, 5) is 4.31. The van der Waals surface area contributed by atoms with E-state index in [0.717, 1.165) is 16.5 Å². The van der Waals surface area contributed by atoms with E-state index in [1.54, 1.807) is 6.20 Å². The van der Waals surface area contributed by atoms with E-state index in [1.807, 2.05) is 37.3 Å². The number of fused-ring (bicyclic) bond motifs is 1. The zero-order chi connectivity index (χ0) is 14.6. The lowest BCUT2D eigenvalue weighted by Gasteiger charge is -2.20. The van der Waals surface area contributed by atoms with E-state index >= 15 is 0 Å². The summed E-state index contributed by atoms with van der Waals surface area (Å²) in [6.07, 6.45) is -3.24. The van der Waals surface area contributed by atoms with Crippen LogP contribution in [0.25, 0.3) is 10.9 Å². The predicted molar refractivity (Wildman–Crippen MR) is 73.4 cm³/mol. The van der Waals surface area contributed by atoms with Crippen LogP contribution < -0.4 is 5.32 Å². The fourth-order valence-corrected chi connectivity index (χ4v) is 2.33. The number of rotatable bonds is 5. The van der Waals surface area contributed by atoms with Crippen LogP contribution in [-0.2, 0) is 0 Å². The number of hydrogen-bond donors (Lipinski definition) is 1. The van der Waals surface area contributed by atoms with Crippen molar-refractivity contribution in [3.05, 3.63) is 42.1 Å². The van der Waals surface area contributed by atoms with Crippen LogP contribution in [0.15, 0.2) is 36.5 Å². The summed E-state index contributed by atoms with van der Waals surface area (Å²) < 4.78 is 37.3. The van der Waals surface area contributed by atoms with Crippen LogP contribution in [0.3, 0.4) is 0 Å². The molecule has 0 aliphatic heterocycles. The number of nitrogens with zero attached hydrogens (tertiary/aromatic N) is 1. The molecule has 0 saturated heterocycles. The van der Waals surface area contributed by atoms with Crippen LogP contribution in [0.4, 0.5) is 13.2 Å². The molecular formula is C15H17F3N2. The lowest BCUT2D eigenvalue weighted by atomic mass is 9.98. The van der Waals surface area contributed by atoms with E-state index in [-0.39, 0.29) is 12.5 Å². The Kier molecular flexibility index (Phi) is 4.60. The molecule has 0 radical (unpaired) electrons.